The van der Waals surface area contributed by atoms with Gasteiger partial charge < -0.3 is 10.5 Å². The van der Waals surface area contributed by atoms with Gasteiger partial charge in [-0.1, -0.05) is 26.7 Å². The lowest BCUT2D eigenvalue weighted by molar-refractivity contribution is 0.0169. The summed E-state index contributed by atoms with van der Waals surface area (Å²) in [6.45, 7) is 5.11. The summed E-state index contributed by atoms with van der Waals surface area (Å²) in [6.07, 6.45) is 7.48. The Labute approximate surface area is 81.8 Å². The summed E-state index contributed by atoms with van der Waals surface area (Å²) in [7, 11) is 0. The van der Waals surface area contributed by atoms with Crippen LogP contribution in [-0.4, -0.2) is 18.2 Å². The Morgan fingerprint density at radius 2 is 1.77 bits per heavy atom. The third-order valence-corrected chi connectivity index (χ3v) is 3.12. The monoisotopic (exact) mass is 185 g/mol. The summed E-state index contributed by atoms with van der Waals surface area (Å²) >= 11 is 0. The largest absolute Gasteiger partial charge is 0.376 e. The fraction of sp³-hybridized carbons (Fsp3) is 1.00. The van der Waals surface area contributed by atoms with E-state index in [9.17, 15) is 0 Å². The van der Waals surface area contributed by atoms with E-state index in [0.29, 0.717) is 6.10 Å². The highest BCUT2D eigenvalue weighted by atomic mass is 16.5. The third-order valence-electron chi connectivity index (χ3n) is 3.12. The minimum absolute atomic E-state index is 0.00257. The van der Waals surface area contributed by atoms with Crippen molar-refractivity contribution in [1.82, 2.24) is 0 Å². The van der Waals surface area contributed by atoms with Gasteiger partial charge in [0.25, 0.3) is 0 Å². The SMILES string of the molecule is CCC(CC)OCC1(N)CCCC1. The van der Waals surface area contributed by atoms with Gasteiger partial charge in [0, 0.05) is 5.54 Å². The van der Waals surface area contributed by atoms with Crippen molar-refractivity contribution in [1.29, 1.82) is 0 Å². The Balaban J connectivity index is 2.23. The van der Waals surface area contributed by atoms with E-state index in [1.807, 2.05) is 0 Å². The molecular formula is C11H23NO. The zero-order valence-corrected chi connectivity index (χ0v) is 9.01. The highest BCUT2D eigenvalue weighted by Crippen LogP contribution is 2.27. The van der Waals surface area contributed by atoms with Crippen LogP contribution in [0.5, 0.6) is 0 Å². The maximum absolute atomic E-state index is 6.19. The molecule has 1 rings (SSSR count). The number of hydrogen-bond donors (Lipinski definition) is 1. The first-order valence-corrected chi connectivity index (χ1v) is 5.60. The Morgan fingerprint density at radius 1 is 1.23 bits per heavy atom. The molecule has 0 aromatic rings. The van der Waals surface area contributed by atoms with Crippen LogP contribution in [0.15, 0.2) is 0 Å². The highest BCUT2D eigenvalue weighted by molar-refractivity contribution is 4.89. The summed E-state index contributed by atoms with van der Waals surface area (Å²) in [5.74, 6) is 0. The lowest BCUT2D eigenvalue weighted by Crippen LogP contribution is -2.42. The molecule has 0 radical (unpaired) electrons. The molecule has 0 amide bonds. The van der Waals surface area contributed by atoms with Gasteiger partial charge in [-0.15, -0.1) is 0 Å². The van der Waals surface area contributed by atoms with E-state index in [0.717, 1.165) is 32.3 Å². The van der Waals surface area contributed by atoms with Gasteiger partial charge in [-0.25, -0.2) is 0 Å². The van der Waals surface area contributed by atoms with Gasteiger partial charge in [-0.3, -0.25) is 0 Å². The molecule has 78 valence electrons. The third kappa shape index (κ3) is 3.28. The van der Waals surface area contributed by atoms with E-state index >= 15 is 0 Å². The summed E-state index contributed by atoms with van der Waals surface area (Å²) in [5.41, 5.74) is 6.19. The fourth-order valence-electron chi connectivity index (χ4n) is 2.03. The standard InChI is InChI=1S/C11H23NO/c1-3-10(4-2)13-9-11(12)7-5-6-8-11/h10H,3-9,12H2,1-2H3. The highest BCUT2D eigenvalue weighted by Gasteiger charge is 2.29. The van der Waals surface area contributed by atoms with Crippen LogP contribution in [0.25, 0.3) is 0 Å². The van der Waals surface area contributed by atoms with Crippen molar-refractivity contribution in [3.8, 4) is 0 Å². The molecule has 1 aliphatic carbocycles. The van der Waals surface area contributed by atoms with Crippen LogP contribution >= 0.6 is 0 Å². The first kappa shape index (κ1) is 11.0. The van der Waals surface area contributed by atoms with Crippen molar-refractivity contribution in [2.24, 2.45) is 5.73 Å². The van der Waals surface area contributed by atoms with E-state index in [1.54, 1.807) is 0 Å². The van der Waals surface area contributed by atoms with Gasteiger partial charge >= 0.3 is 0 Å². The number of hydrogen-bond acceptors (Lipinski definition) is 2. The molecule has 0 aromatic heterocycles. The zero-order chi connectivity index (χ0) is 9.73. The van der Waals surface area contributed by atoms with Crippen LogP contribution < -0.4 is 5.73 Å². The summed E-state index contributed by atoms with van der Waals surface area (Å²) in [5, 5.41) is 0. The maximum atomic E-state index is 6.19. The normalized spacial score (nSPS) is 21.2. The molecule has 0 atom stereocenters. The molecule has 0 saturated heterocycles. The average molecular weight is 185 g/mol. The predicted molar refractivity (Wildman–Crippen MR) is 55.7 cm³/mol. The Kier molecular flexibility index (Phi) is 4.20. The molecule has 2 heteroatoms. The van der Waals surface area contributed by atoms with E-state index in [2.05, 4.69) is 13.8 Å². The Hall–Kier alpha value is -0.0800. The van der Waals surface area contributed by atoms with Gasteiger partial charge in [0.15, 0.2) is 0 Å². The number of nitrogens with two attached hydrogens (primary N) is 1. The van der Waals surface area contributed by atoms with Crippen LogP contribution in [0.4, 0.5) is 0 Å². The van der Waals surface area contributed by atoms with E-state index < -0.39 is 0 Å². The van der Waals surface area contributed by atoms with Crippen molar-refractivity contribution in [2.45, 2.75) is 64.0 Å². The minimum Gasteiger partial charge on any atom is -0.376 e. The Morgan fingerprint density at radius 3 is 2.23 bits per heavy atom. The Bertz CT molecular complexity index is 137. The molecule has 1 aliphatic rings. The molecule has 13 heavy (non-hydrogen) atoms. The van der Waals surface area contributed by atoms with Crippen molar-refractivity contribution in [3.63, 3.8) is 0 Å². The molecule has 0 bridgehead atoms. The van der Waals surface area contributed by atoms with Gasteiger partial charge in [0.1, 0.15) is 0 Å². The summed E-state index contributed by atoms with van der Waals surface area (Å²) in [6, 6.07) is 0. The molecular weight excluding hydrogens is 162 g/mol. The van der Waals surface area contributed by atoms with Gasteiger partial charge in [-0.2, -0.15) is 0 Å². The number of rotatable bonds is 5. The molecule has 0 spiro atoms. The second-order valence-electron chi connectivity index (χ2n) is 4.32. The van der Waals surface area contributed by atoms with Crippen LogP contribution in [0.1, 0.15) is 52.4 Å². The maximum Gasteiger partial charge on any atom is 0.0649 e. The van der Waals surface area contributed by atoms with Gasteiger partial charge in [-0.05, 0) is 25.7 Å². The van der Waals surface area contributed by atoms with E-state index in [-0.39, 0.29) is 5.54 Å². The molecule has 0 aliphatic heterocycles. The molecule has 1 fully saturated rings. The van der Waals surface area contributed by atoms with Crippen molar-refractivity contribution < 1.29 is 4.74 Å². The summed E-state index contributed by atoms with van der Waals surface area (Å²) in [4.78, 5) is 0. The quantitative estimate of drug-likeness (QED) is 0.714. The molecule has 2 nitrogen and oxygen atoms in total. The second-order valence-corrected chi connectivity index (χ2v) is 4.32. The topological polar surface area (TPSA) is 35.2 Å². The molecule has 1 saturated carbocycles. The smallest absolute Gasteiger partial charge is 0.0649 e. The first-order valence-electron chi connectivity index (χ1n) is 5.60. The van der Waals surface area contributed by atoms with Crippen LogP contribution in [0, 0.1) is 0 Å². The first-order chi connectivity index (χ1) is 6.20. The van der Waals surface area contributed by atoms with E-state index in [4.69, 9.17) is 10.5 Å². The molecule has 0 unspecified atom stereocenters. The van der Waals surface area contributed by atoms with E-state index in [1.165, 1.54) is 12.8 Å². The second kappa shape index (κ2) is 4.97. The van der Waals surface area contributed by atoms with Gasteiger partial charge in [0.2, 0.25) is 0 Å². The van der Waals surface area contributed by atoms with Crippen LogP contribution in [0.3, 0.4) is 0 Å². The minimum atomic E-state index is 0.00257. The van der Waals surface area contributed by atoms with Crippen molar-refractivity contribution in [2.75, 3.05) is 6.61 Å². The molecule has 0 heterocycles. The molecule has 0 aromatic carbocycles. The number of ether oxygens (including phenoxy) is 1. The van der Waals surface area contributed by atoms with Gasteiger partial charge in [0.05, 0.1) is 12.7 Å². The lowest BCUT2D eigenvalue weighted by atomic mass is 10.0. The average Bonchev–Trinajstić information content (AvgIpc) is 2.55. The van der Waals surface area contributed by atoms with Crippen molar-refractivity contribution >= 4 is 0 Å². The molecule has 2 N–H and O–H groups in total. The lowest BCUT2D eigenvalue weighted by Gasteiger charge is -2.26. The van der Waals surface area contributed by atoms with Crippen LogP contribution in [0.2, 0.25) is 0 Å². The summed E-state index contributed by atoms with van der Waals surface area (Å²) < 4.78 is 5.80. The van der Waals surface area contributed by atoms with Crippen LogP contribution in [-0.2, 0) is 4.74 Å². The predicted octanol–water partition coefficient (Wildman–Crippen LogP) is 2.46. The van der Waals surface area contributed by atoms with Crippen molar-refractivity contribution in [3.05, 3.63) is 0 Å². The zero-order valence-electron chi connectivity index (χ0n) is 9.01. The fourth-order valence-corrected chi connectivity index (χ4v) is 2.03.